The fourth-order valence-corrected chi connectivity index (χ4v) is 12.5. The molecule has 0 fully saturated rings. The Morgan fingerprint density at radius 3 is 0.835 bits per heavy atom. The maximum Gasteiger partial charge on any atom is 0.305 e. The summed E-state index contributed by atoms with van der Waals surface area (Å²) in [5.74, 6) is -0.0121. The zero-order valence-corrected chi connectivity index (χ0v) is 57.9. The fraction of sp³-hybridized carbons (Fsp3) is 0.924. The molecule has 2 atom stereocenters. The number of rotatable bonds is 74. The van der Waals surface area contributed by atoms with Gasteiger partial charge in [0.25, 0.3) is 0 Å². The summed E-state index contributed by atoms with van der Waals surface area (Å²) >= 11 is 0. The first-order valence-corrected chi connectivity index (χ1v) is 39.1. The number of ether oxygens (including phenoxy) is 1. The molecule has 0 spiro atoms. The minimum absolute atomic E-state index is 0.0172. The third-order valence-electron chi connectivity index (χ3n) is 18.5. The van der Waals surface area contributed by atoms with Crippen molar-refractivity contribution in [2.24, 2.45) is 0 Å². The second-order valence-corrected chi connectivity index (χ2v) is 27.0. The molecule has 504 valence electrons. The van der Waals surface area contributed by atoms with Gasteiger partial charge in [0.1, 0.15) is 0 Å². The first kappa shape index (κ1) is 83.3. The van der Waals surface area contributed by atoms with Crippen molar-refractivity contribution in [3.05, 3.63) is 24.3 Å². The molecule has 0 rings (SSSR count). The van der Waals surface area contributed by atoms with Crippen LogP contribution in [0.1, 0.15) is 444 Å². The highest BCUT2D eigenvalue weighted by Gasteiger charge is 2.20. The van der Waals surface area contributed by atoms with E-state index in [-0.39, 0.29) is 18.5 Å². The van der Waals surface area contributed by atoms with E-state index >= 15 is 0 Å². The van der Waals surface area contributed by atoms with E-state index in [1.807, 2.05) is 0 Å². The van der Waals surface area contributed by atoms with Gasteiger partial charge >= 0.3 is 5.97 Å². The van der Waals surface area contributed by atoms with Gasteiger partial charge in [-0.1, -0.05) is 378 Å². The van der Waals surface area contributed by atoms with Crippen molar-refractivity contribution in [1.82, 2.24) is 5.32 Å². The molecule has 0 aliphatic heterocycles. The van der Waals surface area contributed by atoms with Crippen LogP contribution in [0.4, 0.5) is 0 Å². The highest BCUT2D eigenvalue weighted by molar-refractivity contribution is 5.76. The van der Waals surface area contributed by atoms with E-state index in [2.05, 4.69) is 43.5 Å². The molecule has 2 unspecified atom stereocenters. The van der Waals surface area contributed by atoms with Gasteiger partial charge in [0.15, 0.2) is 0 Å². The summed E-state index contributed by atoms with van der Waals surface area (Å²) in [4.78, 5) is 24.7. The maximum absolute atomic E-state index is 12.6. The number of nitrogens with one attached hydrogen (secondary N) is 1. The molecule has 6 nitrogen and oxygen atoms in total. The Hall–Kier alpha value is -1.66. The molecular weight excluding hydrogens is 1040 g/mol. The minimum Gasteiger partial charge on any atom is -0.466 e. The Balaban J connectivity index is 3.36. The third kappa shape index (κ3) is 71.3. The molecule has 0 aromatic carbocycles. The average Bonchev–Trinajstić information content (AvgIpc) is 3.50. The van der Waals surface area contributed by atoms with Gasteiger partial charge in [0, 0.05) is 12.8 Å². The summed E-state index contributed by atoms with van der Waals surface area (Å²) in [6.07, 6.45) is 95.4. The molecule has 0 aromatic rings. The lowest BCUT2D eigenvalue weighted by Gasteiger charge is -2.22. The lowest BCUT2D eigenvalue weighted by molar-refractivity contribution is -0.143. The smallest absolute Gasteiger partial charge is 0.305 e. The number of unbranched alkanes of at least 4 members (excludes halogenated alkanes) is 59. The second-order valence-electron chi connectivity index (χ2n) is 27.0. The summed E-state index contributed by atoms with van der Waals surface area (Å²) in [5.41, 5.74) is 0. The highest BCUT2D eigenvalue weighted by atomic mass is 16.5. The van der Waals surface area contributed by atoms with E-state index in [1.54, 1.807) is 0 Å². The molecule has 0 saturated heterocycles. The number of carbonyl (C=O) groups is 2. The largest absolute Gasteiger partial charge is 0.466 e. The van der Waals surface area contributed by atoms with Crippen LogP contribution < -0.4 is 5.32 Å². The van der Waals surface area contributed by atoms with Crippen LogP contribution in [0.5, 0.6) is 0 Å². The van der Waals surface area contributed by atoms with Crippen LogP contribution in [-0.2, 0) is 14.3 Å². The Bertz CT molecular complexity index is 1330. The lowest BCUT2D eigenvalue weighted by atomic mass is 10.0. The Labute approximate surface area is 532 Å². The number of aliphatic hydroxyl groups excluding tert-OH is 2. The van der Waals surface area contributed by atoms with Crippen molar-refractivity contribution >= 4 is 11.9 Å². The van der Waals surface area contributed by atoms with Gasteiger partial charge < -0.3 is 20.3 Å². The summed E-state index contributed by atoms with van der Waals surface area (Å²) in [5, 5.41) is 23.4. The van der Waals surface area contributed by atoms with Crippen molar-refractivity contribution in [3.63, 3.8) is 0 Å². The third-order valence-corrected chi connectivity index (χ3v) is 18.5. The molecule has 0 bridgehead atoms. The average molecular weight is 1200 g/mol. The standard InChI is InChI=1S/C79H153NO5/c1-3-5-7-9-11-13-15-17-19-21-23-36-39-43-47-51-55-59-63-67-71-77(82)76(75-81)80-78(83)72-68-64-60-56-52-48-44-40-37-33-31-29-27-25-24-26-28-30-32-34-38-42-46-50-54-58-62-66-70-74-85-79(84)73-69-65-61-57-53-49-45-41-35-22-20-18-16-14-12-10-8-6-4-2/h18,20,24,26,76-77,81-82H,3-17,19,21-23,25,27-75H2,1-2H3,(H,80,83)/b20-18-,26-24-. The van der Waals surface area contributed by atoms with Crippen LogP contribution in [0.15, 0.2) is 24.3 Å². The van der Waals surface area contributed by atoms with Crippen LogP contribution in [-0.4, -0.2) is 47.4 Å². The number of aliphatic hydroxyl groups is 2. The van der Waals surface area contributed by atoms with Crippen LogP contribution in [0.25, 0.3) is 0 Å². The van der Waals surface area contributed by atoms with Crippen LogP contribution in [0.3, 0.4) is 0 Å². The minimum atomic E-state index is -0.665. The first-order chi connectivity index (χ1) is 42.0. The van der Waals surface area contributed by atoms with E-state index in [0.717, 1.165) is 38.5 Å². The molecule has 1 amide bonds. The molecular formula is C79H153NO5. The van der Waals surface area contributed by atoms with Gasteiger partial charge in [0.05, 0.1) is 25.4 Å². The summed E-state index contributed by atoms with van der Waals surface area (Å²) in [6, 6.07) is -0.542. The molecule has 0 aliphatic rings. The number of hydrogen-bond acceptors (Lipinski definition) is 5. The monoisotopic (exact) mass is 1200 g/mol. The molecule has 0 radical (unpaired) electrons. The van der Waals surface area contributed by atoms with Crippen LogP contribution in [0.2, 0.25) is 0 Å². The fourth-order valence-electron chi connectivity index (χ4n) is 12.5. The molecule has 0 heterocycles. The zero-order chi connectivity index (χ0) is 61.3. The number of carbonyl (C=O) groups excluding carboxylic acids is 2. The van der Waals surface area contributed by atoms with Crippen molar-refractivity contribution in [1.29, 1.82) is 0 Å². The van der Waals surface area contributed by atoms with Crippen LogP contribution >= 0.6 is 0 Å². The SMILES string of the molecule is CCCCCCCC/C=C\CCCCCCCCCCCC(=O)OCCCCCCCCCCCCCC/C=C\CCCCCCCCCCCCCCCC(=O)NC(CO)C(O)CCCCCCCCCCCCCCCCCCCCCC. The number of hydrogen-bond donors (Lipinski definition) is 3. The second kappa shape index (κ2) is 74.8. The van der Waals surface area contributed by atoms with Gasteiger partial charge in [-0.05, 0) is 77.0 Å². The van der Waals surface area contributed by atoms with Gasteiger partial charge in [-0.3, -0.25) is 9.59 Å². The first-order valence-electron chi connectivity index (χ1n) is 39.1. The van der Waals surface area contributed by atoms with Gasteiger partial charge in [0.2, 0.25) is 5.91 Å². The van der Waals surface area contributed by atoms with Crippen molar-refractivity contribution in [2.75, 3.05) is 13.2 Å². The number of amides is 1. The predicted octanol–water partition coefficient (Wildman–Crippen LogP) is 25.7. The van der Waals surface area contributed by atoms with E-state index in [0.29, 0.717) is 25.9 Å². The molecule has 0 saturated carbocycles. The van der Waals surface area contributed by atoms with Crippen molar-refractivity contribution < 1.29 is 24.5 Å². The van der Waals surface area contributed by atoms with Gasteiger partial charge in [-0.15, -0.1) is 0 Å². The highest BCUT2D eigenvalue weighted by Crippen LogP contribution is 2.20. The zero-order valence-electron chi connectivity index (χ0n) is 57.9. The number of esters is 1. The quantitative estimate of drug-likeness (QED) is 0.0320. The molecule has 0 aromatic heterocycles. The summed E-state index contributed by atoms with van der Waals surface area (Å²) in [7, 11) is 0. The molecule has 85 heavy (non-hydrogen) atoms. The number of allylic oxidation sites excluding steroid dienone is 4. The van der Waals surface area contributed by atoms with Gasteiger partial charge in [-0.2, -0.15) is 0 Å². The maximum atomic E-state index is 12.6. The van der Waals surface area contributed by atoms with E-state index in [9.17, 15) is 19.8 Å². The summed E-state index contributed by atoms with van der Waals surface area (Å²) in [6.45, 7) is 5.00. The van der Waals surface area contributed by atoms with Gasteiger partial charge in [-0.25, -0.2) is 0 Å². The summed E-state index contributed by atoms with van der Waals surface area (Å²) < 4.78 is 5.51. The van der Waals surface area contributed by atoms with Crippen molar-refractivity contribution in [2.45, 2.75) is 456 Å². The van der Waals surface area contributed by atoms with E-state index in [1.165, 1.54) is 372 Å². The van der Waals surface area contributed by atoms with E-state index < -0.39 is 12.1 Å². The molecule has 0 aliphatic carbocycles. The molecule has 6 heteroatoms. The van der Waals surface area contributed by atoms with Crippen molar-refractivity contribution in [3.8, 4) is 0 Å². The normalized spacial score (nSPS) is 12.6. The Morgan fingerprint density at radius 1 is 0.318 bits per heavy atom. The van der Waals surface area contributed by atoms with Crippen LogP contribution in [0, 0.1) is 0 Å². The Kier molecular flexibility index (Phi) is 73.3. The predicted molar refractivity (Wildman–Crippen MR) is 375 cm³/mol. The lowest BCUT2D eigenvalue weighted by Crippen LogP contribution is -2.45. The van der Waals surface area contributed by atoms with E-state index in [4.69, 9.17) is 4.74 Å². The topological polar surface area (TPSA) is 95.9 Å². The molecule has 3 N–H and O–H groups in total. The Morgan fingerprint density at radius 2 is 0.553 bits per heavy atom.